The van der Waals surface area contributed by atoms with Gasteiger partial charge in [0.05, 0.1) is 91.1 Å². The zero-order valence-electron chi connectivity index (χ0n) is 37.0. The Balaban J connectivity index is 1.06. The molecule has 1 aliphatic carbocycles. The van der Waals surface area contributed by atoms with E-state index in [1.54, 1.807) is 11.8 Å². The van der Waals surface area contributed by atoms with Crippen LogP contribution in [0.15, 0.2) is 210 Å². The summed E-state index contributed by atoms with van der Waals surface area (Å²) in [6, 6.07) is 70.3. The second-order valence-electron chi connectivity index (χ2n) is 17.9. The second-order valence-corrected chi connectivity index (χ2v) is 19.0. The van der Waals surface area contributed by atoms with Crippen LogP contribution in [0.1, 0.15) is 33.4 Å². The Bertz CT molecular complexity index is 4210. The van der Waals surface area contributed by atoms with E-state index in [0.29, 0.717) is 11.1 Å². The zero-order chi connectivity index (χ0) is 46.2. The van der Waals surface area contributed by atoms with Crippen molar-refractivity contribution in [3.8, 4) is 46.4 Å². The molecule has 1 atom stereocenters. The summed E-state index contributed by atoms with van der Waals surface area (Å²) in [5.41, 5.74) is 15.0. The summed E-state index contributed by atoms with van der Waals surface area (Å²) in [5.74, 6) is 1.55. The average molecular weight is 912 g/mol. The number of nitrogens with zero attached hydrogens (tertiary/aromatic N) is 7. The SMILES string of the molecule is N#Cc1ccc2c(c1)c1cc(C#N)ccc1n2-c1cnc2c(c1)C1(c3ccc(-n4c5ccccc5c5ccccc54)cc3Sc3cccc(N4c5ccccc5Oc5ccccc54)c31)c1cccnc1-2. The number of nitriles is 2. The summed E-state index contributed by atoms with van der Waals surface area (Å²) in [6.45, 7) is 0. The molecule has 6 heterocycles. The minimum absolute atomic E-state index is 0.549. The van der Waals surface area contributed by atoms with E-state index in [1.165, 1.54) is 10.8 Å². The summed E-state index contributed by atoms with van der Waals surface area (Å²) in [4.78, 5) is 15.2. The fourth-order valence-electron chi connectivity index (χ4n) is 11.7. The van der Waals surface area contributed by atoms with Crippen molar-refractivity contribution in [3.63, 3.8) is 0 Å². The third kappa shape index (κ3) is 5.08. The highest BCUT2D eigenvalue weighted by molar-refractivity contribution is 7.99. The minimum atomic E-state index is -0.934. The lowest BCUT2D eigenvalue weighted by Crippen LogP contribution is -2.34. The van der Waals surface area contributed by atoms with Gasteiger partial charge in [-0.3, -0.25) is 9.97 Å². The van der Waals surface area contributed by atoms with Crippen LogP contribution in [0.3, 0.4) is 0 Å². The highest BCUT2D eigenvalue weighted by atomic mass is 32.2. The lowest BCUT2D eigenvalue weighted by Gasteiger charge is -2.43. The molecule has 4 aromatic heterocycles. The Morgan fingerprint density at radius 2 is 1.06 bits per heavy atom. The molecule has 70 heavy (non-hydrogen) atoms. The number of ether oxygens (including phenoxy) is 1. The Morgan fingerprint density at radius 3 is 1.74 bits per heavy atom. The first-order valence-electron chi connectivity index (χ1n) is 23.1. The molecular formula is C61H33N7OS. The molecule has 8 nitrogen and oxygen atoms in total. The van der Waals surface area contributed by atoms with Gasteiger partial charge in [0.25, 0.3) is 0 Å². The Hall–Kier alpha value is -9.41. The van der Waals surface area contributed by atoms with Crippen LogP contribution < -0.4 is 9.64 Å². The smallest absolute Gasteiger partial charge is 0.151 e. The topological polar surface area (TPSA) is 95.7 Å². The number of benzene rings is 8. The molecule has 0 saturated carbocycles. The molecule has 0 fully saturated rings. The summed E-state index contributed by atoms with van der Waals surface area (Å²) < 4.78 is 11.2. The predicted molar refractivity (Wildman–Crippen MR) is 276 cm³/mol. The average Bonchev–Trinajstić information content (AvgIpc) is 4.03. The first-order valence-corrected chi connectivity index (χ1v) is 23.9. The molecule has 0 N–H and O–H groups in total. The first-order chi connectivity index (χ1) is 34.6. The third-order valence-electron chi connectivity index (χ3n) is 14.5. The summed E-state index contributed by atoms with van der Waals surface area (Å²) >= 11 is 1.80. The fourth-order valence-corrected chi connectivity index (χ4v) is 13.0. The predicted octanol–water partition coefficient (Wildman–Crippen LogP) is 14.8. The monoisotopic (exact) mass is 911 g/mol. The molecule has 324 valence electrons. The number of anilines is 3. The van der Waals surface area contributed by atoms with Crippen LogP contribution >= 0.6 is 11.8 Å². The maximum absolute atomic E-state index is 10.0. The van der Waals surface area contributed by atoms with Crippen molar-refractivity contribution in [3.05, 3.63) is 234 Å². The normalized spacial score (nSPS) is 14.9. The molecule has 1 spiro atoms. The molecule has 0 amide bonds. The van der Waals surface area contributed by atoms with Gasteiger partial charge in [-0.25, -0.2) is 0 Å². The van der Waals surface area contributed by atoms with Crippen LogP contribution in [0.25, 0.3) is 66.4 Å². The molecular weight excluding hydrogens is 879 g/mol. The Morgan fingerprint density at radius 1 is 0.457 bits per heavy atom. The van der Waals surface area contributed by atoms with Gasteiger partial charge in [-0.05, 0) is 120 Å². The number of hydrogen-bond donors (Lipinski definition) is 0. The molecule has 8 aromatic carbocycles. The van der Waals surface area contributed by atoms with Crippen LogP contribution in [0.4, 0.5) is 17.1 Å². The maximum Gasteiger partial charge on any atom is 0.151 e. The number of pyridine rings is 2. The number of hydrogen-bond acceptors (Lipinski definition) is 7. The summed E-state index contributed by atoms with van der Waals surface area (Å²) in [5, 5.41) is 24.3. The molecule has 9 heteroatoms. The van der Waals surface area contributed by atoms with Gasteiger partial charge in [0.1, 0.15) is 0 Å². The molecule has 0 radical (unpaired) electrons. The van der Waals surface area contributed by atoms with Crippen molar-refractivity contribution >= 4 is 72.4 Å². The lowest BCUT2D eigenvalue weighted by atomic mass is 9.67. The van der Waals surface area contributed by atoms with E-state index < -0.39 is 5.41 Å². The standard InChI is InChI=1S/C61H33N7OS/c62-33-36-22-26-49-42(29-36)43-30-37(34-63)23-27-50(43)67(49)39-31-46-60(65-35-39)59-45(13-10-28-64-59)61(46)44-25-24-38(66-47-14-3-1-11-40(47)41-12-2-4-15-48(41)66)32-57(44)70-56-21-9-18-53(58(56)61)68-51-16-5-7-19-54(51)69-55-20-8-6-17-52(55)68/h1-32,35H. The van der Waals surface area contributed by atoms with Crippen molar-refractivity contribution in [1.29, 1.82) is 10.5 Å². The molecule has 0 bridgehead atoms. The van der Waals surface area contributed by atoms with Crippen molar-refractivity contribution in [1.82, 2.24) is 19.1 Å². The molecule has 3 aliphatic rings. The van der Waals surface area contributed by atoms with Gasteiger partial charge in [0.2, 0.25) is 0 Å². The van der Waals surface area contributed by atoms with Crippen LogP contribution in [-0.2, 0) is 5.41 Å². The zero-order valence-corrected chi connectivity index (χ0v) is 37.8. The second kappa shape index (κ2) is 14.3. The lowest BCUT2D eigenvalue weighted by molar-refractivity contribution is 0.476. The van der Waals surface area contributed by atoms with Crippen LogP contribution in [0.5, 0.6) is 11.5 Å². The van der Waals surface area contributed by atoms with E-state index in [-0.39, 0.29) is 0 Å². The van der Waals surface area contributed by atoms with Crippen LogP contribution in [0, 0.1) is 22.7 Å². The number of aromatic nitrogens is 4. The van der Waals surface area contributed by atoms with Crippen molar-refractivity contribution in [2.24, 2.45) is 0 Å². The fraction of sp³-hybridized carbons (Fsp3) is 0.0164. The van der Waals surface area contributed by atoms with E-state index in [2.05, 4.69) is 154 Å². The number of para-hydroxylation sites is 6. The van der Waals surface area contributed by atoms with Crippen molar-refractivity contribution in [2.75, 3.05) is 4.90 Å². The summed E-state index contributed by atoms with van der Waals surface area (Å²) in [7, 11) is 0. The highest BCUT2D eigenvalue weighted by Gasteiger charge is 2.54. The largest absolute Gasteiger partial charge is 0.453 e. The first kappa shape index (κ1) is 38.7. The van der Waals surface area contributed by atoms with Gasteiger partial charge in [0, 0.05) is 54.3 Å². The number of fused-ring (bicyclic) bond motifs is 17. The van der Waals surface area contributed by atoms with Gasteiger partial charge >= 0.3 is 0 Å². The molecule has 15 rings (SSSR count). The summed E-state index contributed by atoms with van der Waals surface area (Å²) in [6.07, 6.45) is 3.81. The Kier molecular flexibility index (Phi) is 7.90. The van der Waals surface area contributed by atoms with Gasteiger partial charge in [0.15, 0.2) is 11.5 Å². The third-order valence-corrected chi connectivity index (χ3v) is 15.6. The van der Waals surface area contributed by atoms with Crippen LogP contribution in [0.2, 0.25) is 0 Å². The highest BCUT2D eigenvalue weighted by Crippen LogP contribution is 2.65. The Labute approximate surface area is 405 Å². The van der Waals surface area contributed by atoms with E-state index in [9.17, 15) is 10.5 Å². The quantitative estimate of drug-likeness (QED) is 0.174. The van der Waals surface area contributed by atoms with E-state index >= 15 is 0 Å². The van der Waals surface area contributed by atoms with Crippen molar-refractivity contribution in [2.45, 2.75) is 15.2 Å². The maximum atomic E-state index is 10.0. The molecule has 1 unspecified atom stereocenters. The van der Waals surface area contributed by atoms with Crippen molar-refractivity contribution < 1.29 is 4.74 Å². The minimum Gasteiger partial charge on any atom is -0.453 e. The van der Waals surface area contributed by atoms with E-state index in [1.807, 2.05) is 73.1 Å². The number of rotatable bonds is 3. The van der Waals surface area contributed by atoms with Gasteiger partial charge in [-0.1, -0.05) is 90.6 Å². The van der Waals surface area contributed by atoms with Crippen LogP contribution in [-0.4, -0.2) is 19.1 Å². The van der Waals surface area contributed by atoms with E-state index in [4.69, 9.17) is 14.7 Å². The van der Waals surface area contributed by atoms with Gasteiger partial charge in [-0.2, -0.15) is 10.5 Å². The van der Waals surface area contributed by atoms with Gasteiger partial charge in [-0.15, -0.1) is 0 Å². The molecule has 2 aliphatic heterocycles. The molecule has 0 saturated heterocycles. The van der Waals surface area contributed by atoms with Gasteiger partial charge < -0.3 is 18.8 Å². The van der Waals surface area contributed by atoms with E-state index in [0.717, 1.165) is 116 Å². The molecule has 12 aromatic rings.